The Morgan fingerprint density at radius 1 is 0.302 bits per heavy atom. The van der Waals surface area contributed by atoms with Gasteiger partial charge in [-0.05, 0) is 337 Å². The molecule has 0 aromatic heterocycles. The van der Waals surface area contributed by atoms with Crippen molar-refractivity contribution in [3.63, 3.8) is 0 Å². The lowest BCUT2D eigenvalue weighted by Crippen LogP contribution is -2.14. The molecule has 0 radical (unpaired) electrons. The standard InChI is InChI=1S/C20H15I.C17H17I.C16H15I.C15H13I.C14H11I.C12H16IN.C12H15IO.C12H15IS.C9H9I/c1-2-8-18-16-11-6-7-12-17(16)19(13-14-21)20(18)15-9-4-3-5-10-15;1-2-7-14-10-6-11-16(12-13-18)17(14)15-8-4-3-5-9-15;1-2-6-13-9-10-15(11-12-17)16(13)14-7-4-3-5-8-14;1-2-6-13-11-14(9-10-16)15(13)12-7-4-3-5-8-12;1-2-5-11-10-12(8-9-15)14-7-4-3-6-13(11)14;3*1-3-5-10-6-4-7-11(8-9-13)12(10)14-2;1-2-3-8-6-9(7-8)4-5-10/h2-14H,1H2;2-5,7-9,12-13H,1,6,10-11H2;2-8,11-12H,1,9-10H2;2-10H,1,11H2;2-10H,1H2;3,5,8-9,14H,1,4,6-7H2,2H3;2*3,5,8-9H,1,4,6-7H2,2H3;2-6H,1,7H2/b14-13+,18-8+;13-12+,14-7+;12-11+,13-6+;10-9+,13-6+;9-8+,11-5-;3*9-8+,10-5+;5-4+,8-3-. The third-order valence-corrected chi connectivity index (χ3v) is 27.3. The quantitative estimate of drug-likeness (QED) is 0.0577. The molecule has 0 saturated carbocycles. The molecule has 0 saturated heterocycles. The van der Waals surface area contributed by atoms with Crippen LogP contribution in [0.2, 0.25) is 0 Å². The van der Waals surface area contributed by atoms with Crippen LogP contribution < -0.4 is 5.32 Å². The Kier molecular flexibility index (Phi) is 59.8. The predicted molar refractivity (Wildman–Crippen MR) is 700 cm³/mol. The van der Waals surface area contributed by atoms with E-state index in [1.165, 1.54) is 223 Å². The number of allylic oxidation sites excluding steroid dienone is 51. The maximum absolute atomic E-state index is 5.43. The SMILES string of the molecule is C=C/C=C1/C(c2ccccc2)=C(/C=C/I)c2ccccc21.C=C/C=C1/C=C(/C=C/I)c2ccccc21.C=C/C=C1C=C(/C=C/I)C/1.C=C/C=C1\CC(/C=C/I)=C1c1ccccc1.C=C/C=C1\CCC(/C=C/I)=C1c1ccccc1.C=C/C=C1\CCCC(/C=C/I)=C1NC.C=C/C=C1\CCCC(/C=C/I)=C1OC.C=C/C=C1\CCCC(/C=C/I)=C1SC.C=C/C=C1\CCCC(/C=C/I)=C1c1ccccc1. The number of ether oxygens (including phenoxy) is 1. The van der Waals surface area contributed by atoms with Gasteiger partial charge in [0, 0.05) is 17.6 Å². The summed E-state index contributed by atoms with van der Waals surface area (Å²) in [6, 6.07) is 59.4. The summed E-state index contributed by atoms with van der Waals surface area (Å²) in [5.74, 6) is 1.03. The van der Waals surface area contributed by atoms with Gasteiger partial charge in [-0.1, -0.05) is 584 Å². The number of rotatable bonds is 25. The van der Waals surface area contributed by atoms with Gasteiger partial charge in [-0.25, -0.2) is 0 Å². The first-order chi connectivity index (χ1) is 68.2. The molecular weight excluding hydrogens is 2730 g/mol. The van der Waals surface area contributed by atoms with E-state index in [2.05, 4.69) is 566 Å². The Morgan fingerprint density at radius 2 is 0.669 bits per heavy atom. The van der Waals surface area contributed by atoms with E-state index < -0.39 is 0 Å². The van der Waals surface area contributed by atoms with Crippen molar-refractivity contribution in [1.82, 2.24) is 5.32 Å². The van der Waals surface area contributed by atoms with Crippen molar-refractivity contribution in [2.45, 2.75) is 103 Å². The lowest BCUT2D eigenvalue weighted by atomic mass is 9.78. The van der Waals surface area contributed by atoms with Crippen LogP contribution in [0.25, 0.3) is 44.6 Å². The van der Waals surface area contributed by atoms with E-state index in [0.717, 1.165) is 63.5 Å². The summed E-state index contributed by atoms with van der Waals surface area (Å²) in [4.78, 5) is 1.45. The fraction of sp³-hybridized carbons (Fsp3) is 0.150. The van der Waals surface area contributed by atoms with Crippen molar-refractivity contribution >= 4 is 260 Å². The Balaban J connectivity index is 0.000000214. The molecule has 0 heterocycles. The highest BCUT2D eigenvalue weighted by atomic mass is 127. The molecule has 6 aromatic rings. The molecule has 6 aromatic carbocycles. The number of nitrogens with one attached hydrogen (secondary N) is 1. The minimum atomic E-state index is 1.03. The van der Waals surface area contributed by atoms with Gasteiger partial charge in [0.25, 0.3) is 0 Å². The van der Waals surface area contributed by atoms with E-state index in [1.807, 2.05) is 110 Å². The number of hydrogen-bond acceptors (Lipinski definition) is 3. The van der Waals surface area contributed by atoms with Gasteiger partial charge in [0.05, 0.1) is 7.11 Å². The van der Waals surface area contributed by atoms with Gasteiger partial charge in [0.2, 0.25) is 0 Å². The van der Waals surface area contributed by atoms with Gasteiger partial charge in [0.1, 0.15) is 5.76 Å². The first-order valence-corrected chi connectivity index (χ1v) is 58.6. The summed E-state index contributed by atoms with van der Waals surface area (Å²) >= 11 is 22.2. The van der Waals surface area contributed by atoms with E-state index in [0.29, 0.717) is 0 Å². The summed E-state index contributed by atoms with van der Waals surface area (Å²) in [5.41, 5.74) is 41.6. The highest BCUT2D eigenvalue weighted by Crippen LogP contribution is 2.49. The summed E-state index contributed by atoms with van der Waals surface area (Å²) in [6.45, 7) is 33.9. The van der Waals surface area contributed by atoms with Crippen molar-refractivity contribution < 1.29 is 4.74 Å². The van der Waals surface area contributed by atoms with Crippen molar-refractivity contribution in [3.8, 4) is 0 Å². The fourth-order valence-corrected chi connectivity index (χ4v) is 22.0. The first-order valence-electron chi connectivity index (χ1n) is 46.2. The van der Waals surface area contributed by atoms with Crippen LogP contribution in [0.4, 0.5) is 0 Å². The maximum Gasteiger partial charge on any atom is 0.125 e. The Hall–Kier alpha value is -7.52. The predicted octanol–water partition coefficient (Wildman–Crippen LogP) is 42.7. The van der Waals surface area contributed by atoms with Crippen molar-refractivity contribution in [2.24, 2.45) is 0 Å². The van der Waals surface area contributed by atoms with Gasteiger partial charge in [0.15, 0.2) is 0 Å². The minimum Gasteiger partial charge on any atom is -0.496 e. The Bertz CT molecular complexity index is 6010. The van der Waals surface area contributed by atoms with Gasteiger partial charge < -0.3 is 10.1 Å². The molecule has 0 fully saturated rings. The van der Waals surface area contributed by atoms with Crippen LogP contribution in [0.1, 0.15) is 147 Å². The highest BCUT2D eigenvalue weighted by molar-refractivity contribution is 14.1. The molecule has 0 amide bonds. The number of methoxy groups -OCH3 is 1. The second kappa shape index (κ2) is 70.2. The van der Waals surface area contributed by atoms with Gasteiger partial charge >= 0.3 is 0 Å². The molecule has 12 heteroatoms. The number of benzene rings is 6. The second-order valence-electron chi connectivity index (χ2n) is 31.7. The Morgan fingerprint density at radius 3 is 1.16 bits per heavy atom. The van der Waals surface area contributed by atoms with Crippen LogP contribution in [0.3, 0.4) is 0 Å². The molecule has 0 unspecified atom stereocenters. The van der Waals surface area contributed by atoms with E-state index in [-0.39, 0.29) is 0 Å². The van der Waals surface area contributed by atoms with Crippen LogP contribution >= 0.6 is 215 Å². The largest absolute Gasteiger partial charge is 0.496 e. The van der Waals surface area contributed by atoms with Crippen molar-refractivity contribution in [1.29, 1.82) is 0 Å². The molecular formula is C127H126I9NOS. The summed E-state index contributed by atoms with van der Waals surface area (Å²) < 4.78 is 24.0. The van der Waals surface area contributed by atoms with Crippen LogP contribution in [0.15, 0.2) is 536 Å². The fourth-order valence-electron chi connectivity index (χ4n) is 17.3. The van der Waals surface area contributed by atoms with Crippen molar-refractivity contribution in [2.75, 3.05) is 20.4 Å². The molecule has 1 N–H and O–H groups in total. The molecule has 0 spiro atoms. The van der Waals surface area contributed by atoms with E-state index in [4.69, 9.17) is 4.74 Å². The minimum absolute atomic E-state index is 1.03. The van der Waals surface area contributed by atoms with Crippen LogP contribution in [0.5, 0.6) is 0 Å². The van der Waals surface area contributed by atoms with Gasteiger partial charge in [-0.15, -0.1) is 11.8 Å². The third kappa shape index (κ3) is 37.6. The highest BCUT2D eigenvalue weighted by Gasteiger charge is 2.27. The van der Waals surface area contributed by atoms with Crippen LogP contribution in [-0.4, -0.2) is 20.4 Å². The van der Waals surface area contributed by atoms with Gasteiger partial charge in [-0.2, -0.15) is 0 Å². The number of thioether (sulfide) groups is 1. The molecule has 9 aliphatic carbocycles. The summed E-state index contributed by atoms with van der Waals surface area (Å²) in [5, 5.41) is 3.28. The normalized spacial score (nSPS) is 18.7. The summed E-state index contributed by atoms with van der Waals surface area (Å²) in [7, 11) is 3.72. The molecule has 2 nitrogen and oxygen atoms in total. The van der Waals surface area contributed by atoms with Crippen LogP contribution in [-0.2, 0) is 4.74 Å². The van der Waals surface area contributed by atoms with E-state index in [9.17, 15) is 0 Å². The molecule has 9 aliphatic rings. The first kappa shape index (κ1) is 118. The number of halogens is 9. The zero-order chi connectivity index (χ0) is 100. The van der Waals surface area contributed by atoms with Gasteiger partial charge in [-0.3, -0.25) is 0 Å². The zero-order valence-electron chi connectivity index (χ0n) is 80.0. The molecule has 0 bridgehead atoms. The lowest BCUT2D eigenvalue weighted by molar-refractivity contribution is 0.289. The second-order valence-corrected chi connectivity index (χ2v) is 39.0. The molecule has 0 aliphatic heterocycles. The third-order valence-electron chi connectivity index (χ3n) is 23.1. The molecule has 139 heavy (non-hydrogen) atoms. The molecule has 15 rings (SSSR count). The Labute approximate surface area is 960 Å². The number of likely N-dealkylation sites (N-methyl/N-ethyl adjacent to an activating group) is 1. The lowest BCUT2D eigenvalue weighted by Gasteiger charge is -2.26. The molecule has 714 valence electrons. The zero-order valence-corrected chi connectivity index (χ0v) is 100. The van der Waals surface area contributed by atoms with E-state index >= 15 is 0 Å². The smallest absolute Gasteiger partial charge is 0.125 e. The van der Waals surface area contributed by atoms with Crippen molar-refractivity contribution in [3.05, 3.63) is 581 Å². The summed E-state index contributed by atoms with van der Waals surface area (Å²) in [6.07, 6.45) is 80.3. The monoisotopic (exact) mass is 2860 g/mol. The maximum atomic E-state index is 5.43. The topological polar surface area (TPSA) is 21.3 Å². The average molecular weight is 2860 g/mol. The van der Waals surface area contributed by atoms with Crippen LogP contribution in [0, 0.1) is 0 Å². The number of hydrogen-bond donors (Lipinski definition) is 1. The average Bonchev–Trinajstić information content (AvgIpc) is 1.60. The number of fused-ring (bicyclic) bond motifs is 2. The van der Waals surface area contributed by atoms with E-state index in [1.54, 1.807) is 7.11 Å². The molecule has 0 atom stereocenters.